The first-order valence-electron chi connectivity index (χ1n) is 5.48. The topological polar surface area (TPSA) is 48.0 Å². The Bertz CT molecular complexity index is 449. The Morgan fingerprint density at radius 1 is 1.38 bits per heavy atom. The molecule has 1 aromatic rings. The predicted molar refractivity (Wildman–Crippen MR) is 70.6 cm³/mol. The van der Waals surface area contributed by atoms with E-state index in [0.29, 0.717) is 18.0 Å². The molecule has 0 spiro atoms. The minimum Gasteiger partial charge on any atom is -0.326 e. The molecule has 0 bridgehead atoms. The van der Waals surface area contributed by atoms with Crippen LogP contribution in [-0.4, -0.2) is 4.57 Å². The predicted octanol–water partition coefficient (Wildman–Crippen LogP) is 2.34. The van der Waals surface area contributed by atoms with Gasteiger partial charge in [0.25, 0.3) is 5.56 Å². The maximum Gasteiger partial charge on any atom is 0.255 e. The van der Waals surface area contributed by atoms with Crippen LogP contribution >= 0.6 is 15.9 Å². The number of hydrogen-bond acceptors (Lipinski definition) is 2. The number of halogens is 1. The summed E-state index contributed by atoms with van der Waals surface area (Å²) in [6.07, 6.45) is 0. The Morgan fingerprint density at radius 2 is 1.94 bits per heavy atom. The van der Waals surface area contributed by atoms with Gasteiger partial charge in [0.2, 0.25) is 0 Å². The van der Waals surface area contributed by atoms with Crippen molar-refractivity contribution in [1.29, 1.82) is 0 Å². The molecule has 0 aliphatic heterocycles. The summed E-state index contributed by atoms with van der Waals surface area (Å²) in [5.74, 6) is 0.441. The zero-order valence-corrected chi connectivity index (χ0v) is 11.9. The number of rotatable bonds is 3. The highest BCUT2D eigenvalue weighted by atomic mass is 79.9. The van der Waals surface area contributed by atoms with E-state index in [1.807, 2.05) is 18.4 Å². The van der Waals surface area contributed by atoms with Crippen LogP contribution in [0.15, 0.2) is 9.27 Å². The molecule has 1 aromatic heterocycles. The van der Waals surface area contributed by atoms with Crippen molar-refractivity contribution in [2.45, 2.75) is 40.8 Å². The van der Waals surface area contributed by atoms with Crippen LogP contribution in [0.3, 0.4) is 0 Å². The van der Waals surface area contributed by atoms with Crippen LogP contribution in [0.1, 0.15) is 30.7 Å². The zero-order valence-electron chi connectivity index (χ0n) is 10.3. The van der Waals surface area contributed by atoms with Gasteiger partial charge in [0.15, 0.2) is 0 Å². The molecule has 0 saturated carbocycles. The summed E-state index contributed by atoms with van der Waals surface area (Å²) in [6.45, 7) is 9.11. The molecule has 3 nitrogen and oxygen atoms in total. The van der Waals surface area contributed by atoms with E-state index in [4.69, 9.17) is 5.73 Å². The van der Waals surface area contributed by atoms with Crippen molar-refractivity contribution in [3.8, 4) is 0 Å². The Balaban J connectivity index is 3.49. The summed E-state index contributed by atoms with van der Waals surface area (Å²) in [6, 6.07) is 0. The first-order valence-corrected chi connectivity index (χ1v) is 6.27. The monoisotopic (exact) mass is 286 g/mol. The molecule has 0 fully saturated rings. The van der Waals surface area contributed by atoms with E-state index in [1.165, 1.54) is 0 Å². The minimum atomic E-state index is 0.0504. The molecule has 1 rings (SSSR count). The molecule has 4 heteroatoms. The van der Waals surface area contributed by atoms with Gasteiger partial charge in [0, 0.05) is 28.8 Å². The van der Waals surface area contributed by atoms with Gasteiger partial charge < -0.3 is 10.3 Å². The van der Waals surface area contributed by atoms with Crippen molar-refractivity contribution in [1.82, 2.24) is 4.57 Å². The molecule has 16 heavy (non-hydrogen) atoms. The Morgan fingerprint density at radius 3 is 2.38 bits per heavy atom. The van der Waals surface area contributed by atoms with E-state index >= 15 is 0 Å². The number of aromatic nitrogens is 1. The lowest BCUT2D eigenvalue weighted by Crippen LogP contribution is -2.30. The third-order valence-electron chi connectivity index (χ3n) is 2.76. The van der Waals surface area contributed by atoms with Crippen molar-refractivity contribution >= 4 is 15.9 Å². The van der Waals surface area contributed by atoms with E-state index in [9.17, 15) is 4.79 Å². The molecule has 2 N–H and O–H groups in total. The third-order valence-corrected chi connectivity index (χ3v) is 3.93. The summed E-state index contributed by atoms with van der Waals surface area (Å²) in [5, 5.41) is 0. The van der Waals surface area contributed by atoms with Gasteiger partial charge in [-0.15, -0.1) is 0 Å². The fraction of sp³-hybridized carbons (Fsp3) is 0.583. The second kappa shape index (κ2) is 5.15. The average Bonchev–Trinajstić information content (AvgIpc) is 2.22. The van der Waals surface area contributed by atoms with Gasteiger partial charge in [-0.3, -0.25) is 4.79 Å². The summed E-state index contributed by atoms with van der Waals surface area (Å²) in [5.41, 5.74) is 8.34. The summed E-state index contributed by atoms with van der Waals surface area (Å²) in [4.78, 5) is 12.2. The molecular weight excluding hydrogens is 268 g/mol. The van der Waals surface area contributed by atoms with E-state index in [1.54, 1.807) is 0 Å². The van der Waals surface area contributed by atoms with Crippen LogP contribution in [0.2, 0.25) is 0 Å². The number of pyridine rings is 1. The fourth-order valence-electron chi connectivity index (χ4n) is 1.82. The SMILES string of the molecule is Cc1c(Br)c(C)n(CC(C)C)c(=O)c1CN. The molecule has 0 aliphatic carbocycles. The van der Waals surface area contributed by atoms with Crippen LogP contribution in [0.25, 0.3) is 0 Å². The van der Waals surface area contributed by atoms with Crippen molar-refractivity contribution < 1.29 is 0 Å². The van der Waals surface area contributed by atoms with Gasteiger partial charge in [0.1, 0.15) is 0 Å². The largest absolute Gasteiger partial charge is 0.326 e. The van der Waals surface area contributed by atoms with Crippen LogP contribution in [-0.2, 0) is 13.1 Å². The van der Waals surface area contributed by atoms with Gasteiger partial charge in [0.05, 0.1) is 0 Å². The molecule has 1 heterocycles. The minimum absolute atomic E-state index is 0.0504. The standard InChI is InChI=1S/C12H19BrN2O/c1-7(2)6-15-9(4)11(13)8(3)10(5-14)12(15)16/h7H,5-6,14H2,1-4H3. The normalized spacial score (nSPS) is 11.2. The van der Waals surface area contributed by atoms with Gasteiger partial charge in [-0.2, -0.15) is 0 Å². The lowest BCUT2D eigenvalue weighted by Gasteiger charge is -2.17. The highest BCUT2D eigenvalue weighted by Crippen LogP contribution is 2.22. The molecule has 0 radical (unpaired) electrons. The Hall–Kier alpha value is -0.610. The lowest BCUT2D eigenvalue weighted by molar-refractivity contribution is 0.498. The molecule has 90 valence electrons. The summed E-state index contributed by atoms with van der Waals surface area (Å²) < 4.78 is 2.80. The molecule has 0 saturated heterocycles. The lowest BCUT2D eigenvalue weighted by atomic mass is 10.1. The first-order chi connectivity index (χ1) is 7.40. The van der Waals surface area contributed by atoms with Crippen molar-refractivity contribution in [3.05, 3.63) is 31.6 Å². The van der Waals surface area contributed by atoms with Crippen LogP contribution in [0.5, 0.6) is 0 Å². The number of hydrogen-bond donors (Lipinski definition) is 1. The van der Waals surface area contributed by atoms with E-state index in [-0.39, 0.29) is 5.56 Å². The highest BCUT2D eigenvalue weighted by Gasteiger charge is 2.14. The maximum atomic E-state index is 12.2. The van der Waals surface area contributed by atoms with Crippen molar-refractivity contribution in [2.24, 2.45) is 11.7 Å². The van der Waals surface area contributed by atoms with Gasteiger partial charge in [-0.05, 0) is 41.3 Å². The van der Waals surface area contributed by atoms with Crippen LogP contribution in [0.4, 0.5) is 0 Å². The Labute approximate surface area is 105 Å². The second-order valence-corrected chi connectivity index (χ2v) is 5.31. The average molecular weight is 287 g/mol. The second-order valence-electron chi connectivity index (χ2n) is 4.52. The molecule has 0 amide bonds. The van der Waals surface area contributed by atoms with Crippen LogP contribution in [0, 0.1) is 19.8 Å². The smallest absolute Gasteiger partial charge is 0.255 e. The molecule has 0 unspecified atom stereocenters. The summed E-state index contributed by atoms with van der Waals surface area (Å²) in [7, 11) is 0. The quantitative estimate of drug-likeness (QED) is 0.927. The van der Waals surface area contributed by atoms with Gasteiger partial charge in [-0.1, -0.05) is 13.8 Å². The molecular formula is C12H19BrN2O. The van der Waals surface area contributed by atoms with E-state index < -0.39 is 0 Å². The maximum absolute atomic E-state index is 12.2. The van der Waals surface area contributed by atoms with Gasteiger partial charge >= 0.3 is 0 Å². The van der Waals surface area contributed by atoms with Crippen molar-refractivity contribution in [2.75, 3.05) is 0 Å². The van der Waals surface area contributed by atoms with E-state index in [2.05, 4.69) is 29.8 Å². The third kappa shape index (κ3) is 2.38. The zero-order chi connectivity index (χ0) is 12.5. The van der Waals surface area contributed by atoms with Crippen LogP contribution < -0.4 is 11.3 Å². The summed E-state index contributed by atoms with van der Waals surface area (Å²) >= 11 is 3.53. The molecule has 0 aromatic carbocycles. The molecule has 0 atom stereocenters. The highest BCUT2D eigenvalue weighted by molar-refractivity contribution is 9.10. The number of nitrogens with two attached hydrogens (primary N) is 1. The Kier molecular flexibility index (Phi) is 4.33. The first kappa shape index (κ1) is 13.5. The number of nitrogens with zero attached hydrogens (tertiary/aromatic N) is 1. The van der Waals surface area contributed by atoms with Gasteiger partial charge in [-0.25, -0.2) is 0 Å². The molecule has 0 aliphatic rings. The fourth-order valence-corrected chi connectivity index (χ4v) is 2.28. The van der Waals surface area contributed by atoms with E-state index in [0.717, 1.165) is 22.3 Å². The van der Waals surface area contributed by atoms with Crippen molar-refractivity contribution in [3.63, 3.8) is 0 Å².